The Labute approximate surface area is 87.1 Å². The Morgan fingerprint density at radius 2 is 2.07 bits per heavy atom. The van der Waals surface area contributed by atoms with Crippen molar-refractivity contribution >= 4 is 5.82 Å². The molecule has 2 aromatic rings. The number of nitrogens with zero attached hydrogens (tertiary/aromatic N) is 1. The number of H-pyrrole nitrogens is 1. The second-order valence-corrected chi connectivity index (χ2v) is 3.57. The molecule has 15 heavy (non-hydrogen) atoms. The molecule has 3 nitrogen and oxygen atoms in total. The lowest BCUT2D eigenvalue weighted by molar-refractivity contribution is 0.619. The summed E-state index contributed by atoms with van der Waals surface area (Å²) in [6.45, 7) is 3.61. The van der Waals surface area contributed by atoms with Gasteiger partial charge in [-0.1, -0.05) is 6.07 Å². The highest BCUT2D eigenvalue weighted by Crippen LogP contribution is 2.28. The summed E-state index contributed by atoms with van der Waals surface area (Å²) in [6, 6.07) is 4.91. The zero-order chi connectivity index (χ0) is 11.0. The number of halogens is 1. The van der Waals surface area contributed by atoms with Crippen LogP contribution < -0.4 is 5.73 Å². The van der Waals surface area contributed by atoms with Gasteiger partial charge in [-0.3, -0.25) is 5.10 Å². The van der Waals surface area contributed by atoms with Crippen molar-refractivity contribution in [3.05, 3.63) is 35.3 Å². The number of hydrogen-bond acceptors (Lipinski definition) is 2. The Kier molecular flexibility index (Phi) is 2.19. The number of nitrogen functional groups attached to an aromatic ring is 1. The van der Waals surface area contributed by atoms with Crippen LogP contribution in [0.5, 0.6) is 0 Å². The van der Waals surface area contributed by atoms with Gasteiger partial charge in [0.1, 0.15) is 5.82 Å². The average molecular weight is 205 g/mol. The lowest BCUT2D eigenvalue weighted by atomic mass is 10.0. The standard InChI is InChI=1S/C11H12FN3/c1-6-5-8(3-4-9(6)12)10-7(2)14-15-11(10)13/h3-5H,1-2H3,(H3,13,14,15). The van der Waals surface area contributed by atoms with Crippen LogP contribution in [0.25, 0.3) is 11.1 Å². The molecular formula is C11H12FN3. The van der Waals surface area contributed by atoms with Crippen LogP contribution in [0.3, 0.4) is 0 Å². The molecule has 2 rings (SSSR count). The molecule has 0 aliphatic carbocycles. The third-order valence-electron chi connectivity index (χ3n) is 2.42. The lowest BCUT2D eigenvalue weighted by Gasteiger charge is -2.03. The van der Waals surface area contributed by atoms with Crippen LogP contribution in [0.15, 0.2) is 18.2 Å². The number of aromatic amines is 1. The zero-order valence-corrected chi connectivity index (χ0v) is 8.63. The van der Waals surface area contributed by atoms with Gasteiger partial charge in [0.25, 0.3) is 0 Å². The molecule has 0 radical (unpaired) electrons. The molecule has 0 saturated heterocycles. The van der Waals surface area contributed by atoms with E-state index in [2.05, 4.69) is 10.2 Å². The van der Waals surface area contributed by atoms with Gasteiger partial charge >= 0.3 is 0 Å². The largest absolute Gasteiger partial charge is 0.382 e. The summed E-state index contributed by atoms with van der Waals surface area (Å²) in [6.07, 6.45) is 0. The van der Waals surface area contributed by atoms with Crippen LogP contribution in [0.1, 0.15) is 11.3 Å². The normalized spacial score (nSPS) is 10.6. The van der Waals surface area contributed by atoms with Crippen molar-refractivity contribution in [3.8, 4) is 11.1 Å². The molecule has 0 bridgehead atoms. The van der Waals surface area contributed by atoms with E-state index in [1.165, 1.54) is 6.07 Å². The summed E-state index contributed by atoms with van der Waals surface area (Å²) < 4.78 is 13.1. The van der Waals surface area contributed by atoms with Gasteiger partial charge < -0.3 is 5.73 Å². The van der Waals surface area contributed by atoms with Gasteiger partial charge in [0, 0.05) is 11.3 Å². The highest BCUT2D eigenvalue weighted by molar-refractivity contribution is 5.76. The molecule has 0 aliphatic heterocycles. The highest BCUT2D eigenvalue weighted by atomic mass is 19.1. The maximum absolute atomic E-state index is 13.1. The van der Waals surface area contributed by atoms with Crippen LogP contribution in [0.4, 0.5) is 10.2 Å². The Morgan fingerprint density at radius 1 is 1.33 bits per heavy atom. The summed E-state index contributed by atoms with van der Waals surface area (Å²) in [7, 11) is 0. The fourth-order valence-corrected chi connectivity index (χ4v) is 1.61. The quantitative estimate of drug-likeness (QED) is 0.751. The number of anilines is 1. The van der Waals surface area contributed by atoms with E-state index in [0.29, 0.717) is 11.4 Å². The highest BCUT2D eigenvalue weighted by Gasteiger charge is 2.10. The second-order valence-electron chi connectivity index (χ2n) is 3.57. The molecule has 0 aliphatic rings. The van der Waals surface area contributed by atoms with E-state index >= 15 is 0 Å². The molecule has 0 atom stereocenters. The minimum absolute atomic E-state index is 0.210. The van der Waals surface area contributed by atoms with Gasteiger partial charge in [0.05, 0.1) is 0 Å². The number of hydrogen-bond donors (Lipinski definition) is 2. The van der Waals surface area contributed by atoms with Gasteiger partial charge in [-0.15, -0.1) is 0 Å². The van der Waals surface area contributed by atoms with E-state index in [9.17, 15) is 4.39 Å². The molecule has 0 amide bonds. The monoisotopic (exact) mass is 205 g/mol. The lowest BCUT2D eigenvalue weighted by Crippen LogP contribution is -1.90. The van der Waals surface area contributed by atoms with E-state index in [1.807, 2.05) is 6.92 Å². The Morgan fingerprint density at radius 3 is 2.60 bits per heavy atom. The predicted octanol–water partition coefficient (Wildman–Crippen LogP) is 2.41. The van der Waals surface area contributed by atoms with Crippen LogP contribution in [0.2, 0.25) is 0 Å². The maximum atomic E-state index is 13.1. The fourth-order valence-electron chi connectivity index (χ4n) is 1.61. The average Bonchev–Trinajstić information content (AvgIpc) is 2.52. The molecule has 78 valence electrons. The first-order valence-electron chi connectivity index (χ1n) is 4.66. The first-order chi connectivity index (χ1) is 7.09. The van der Waals surface area contributed by atoms with Gasteiger partial charge in [-0.2, -0.15) is 5.10 Å². The van der Waals surface area contributed by atoms with E-state index < -0.39 is 0 Å². The van der Waals surface area contributed by atoms with Crippen molar-refractivity contribution in [3.63, 3.8) is 0 Å². The van der Waals surface area contributed by atoms with Crippen LogP contribution in [0, 0.1) is 19.7 Å². The molecule has 1 aromatic heterocycles. The minimum Gasteiger partial charge on any atom is -0.382 e. The minimum atomic E-state index is -0.210. The number of rotatable bonds is 1. The van der Waals surface area contributed by atoms with Gasteiger partial charge in [-0.05, 0) is 37.1 Å². The molecule has 0 unspecified atom stereocenters. The number of nitrogens with two attached hydrogens (primary N) is 1. The number of aromatic nitrogens is 2. The topological polar surface area (TPSA) is 54.7 Å². The summed E-state index contributed by atoms with van der Waals surface area (Å²) in [5.41, 5.74) is 8.95. The molecule has 1 aromatic carbocycles. The summed E-state index contributed by atoms with van der Waals surface area (Å²) >= 11 is 0. The third kappa shape index (κ3) is 1.58. The molecular weight excluding hydrogens is 193 g/mol. The summed E-state index contributed by atoms with van der Waals surface area (Å²) in [4.78, 5) is 0. The van der Waals surface area contributed by atoms with Crippen molar-refractivity contribution in [1.82, 2.24) is 10.2 Å². The van der Waals surface area contributed by atoms with Crippen molar-refractivity contribution in [2.45, 2.75) is 13.8 Å². The Hall–Kier alpha value is -1.84. The summed E-state index contributed by atoms with van der Waals surface area (Å²) in [5, 5.41) is 6.70. The van der Waals surface area contributed by atoms with Crippen LogP contribution >= 0.6 is 0 Å². The van der Waals surface area contributed by atoms with E-state index in [4.69, 9.17) is 5.73 Å². The molecule has 0 spiro atoms. The second kappa shape index (κ2) is 3.38. The van der Waals surface area contributed by atoms with Crippen molar-refractivity contribution in [2.24, 2.45) is 0 Å². The van der Waals surface area contributed by atoms with Gasteiger partial charge in [-0.25, -0.2) is 4.39 Å². The molecule has 3 N–H and O–H groups in total. The fraction of sp³-hybridized carbons (Fsp3) is 0.182. The van der Waals surface area contributed by atoms with Gasteiger partial charge in [0.2, 0.25) is 0 Å². The SMILES string of the molecule is Cc1cc(-c2c(N)n[nH]c2C)ccc1F. The predicted molar refractivity (Wildman–Crippen MR) is 57.9 cm³/mol. The van der Waals surface area contributed by atoms with E-state index in [1.54, 1.807) is 19.1 Å². The maximum Gasteiger partial charge on any atom is 0.153 e. The first kappa shape index (κ1) is 9.71. The molecule has 1 heterocycles. The number of nitrogens with one attached hydrogen (secondary N) is 1. The summed E-state index contributed by atoms with van der Waals surface area (Å²) in [5.74, 6) is 0.233. The third-order valence-corrected chi connectivity index (χ3v) is 2.42. The number of aryl methyl sites for hydroxylation is 2. The van der Waals surface area contributed by atoms with Crippen molar-refractivity contribution in [1.29, 1.82) is 0 Å². The first-order valence-corrected chi connectivity index (χ1v) is 4.66. The van der Waals surface area contributed by atoms with E-state index in [-0.39, 0.29) is 5.82 Å². The van der Waals surface area contributed by atoms with Crippen LogP contribution in [-0.4, -0.2) is 10.2 Å². The Bertz CT molecular complexity index is 483. The molecule has 0 saturated carbocycles. The Balaban J connectivity index is 2.59. The van der Waals surface area contributed by atoms with Gasteiger partial charge in [0.15, 0.2) is 5.82 Å². The smallest absolute Gasteiger partial charge is 0.153 e. The van der Waals surface area contributed by atoms with Crippen LogP contribution in [-0.2, 0) is 0 Å². The molecule has 0 fully saturated rings. The van der Waals surface area contributed by atoms with Crippen molar-refractivity contribution in [2.75, 3.05) is 5.73 Å². The molecule has 4 heteroatoms. The zero-order valence-electron chi connectivity index (χ0n) is 8.63. The van der Waals surface area contributed by atoms with E-state index in [0.717, 1.165) is 16.8 Å². The number of benzene rings is 1. The van der Waals surface area contributed by atoms with Crippen molar-refractivity contribution < 1.29 is 4.39 Å².